The summed E-state index contributed by atoms with van der Waals surface area (Å²) in [5, 5.41) is 4.62. The van der Waals surface area contributed by atoms with Crippen molar-refractivity contribution in [3.8, 4) is 0 Å². The lowest BCUT2D eigenvalue weighted by Gasteiger charge is -2.02. The lowest BCUT2D eigenvalue weighted by atomic mass is 10.3. The monoisotopic (exact) mass is 436 g/mol. The molecule has 1 N–H and O–H groups in total. The van der Waals surface area contributed by atoms with Gasteiger partial charge in [0.25, 0.3) is 0 Å². The zero-order valence-electron chi connectivity index (χ0n) is 8.94. The highest BCUT2D eigenvalue weighted by atomic mass is 127. The van der Waals surface area contributed by atoms with E-state index in [4.69, 9.17) is 11.6 Å². The molecule has 0 aliphatic carbocycles. The molecular weight excluding hydrogens is 430 g/mol. The first kappa shape index (κ1) is 13.7. The number of pyridine rings is 2. The third kappa shape index (κ3) is 3.63. The van der Waals surface area contributed by atoms with Crippen LogP contribution < -0.4 is 5.43 Å². The maximum atomic E-state index is 6.07. The first-order chi connectivity index (χ1) is 8.66. The van der Waals surface area contributed by atoms with Gasteiger partial charge in [0.1, 0.15) is 4.60 Å². The van der Waals surface area contributed by atoms with E-state index in [0.717, 1.165) is 13.7 Å². The van der Waals surface area contributed by atoms with E-state index in [9.17, 15) is 0 Å². The Morgan fingerprint density at radius 1 is 1.33 bits per heavy atom. The Labute approximate surface area is 131 Å². The average molecular weight is 437 g/mol. The smallest absolute Gasteiger partial charge is 0.166 e. The minimum absolute atomic E-state index is 0.532. The van der Waals surface area contributed by atoms with E-state index in [1.54, 1.807) is 18.6 Å². The molecule has 0 aliphatic heterocycles. The third-order valence-corrected chi connectivity index (χ3v) is 4.05. The fraction of sp³-hybridized carbons (Fsp3) is 0. The number of anilines is 1. The molecule has 0 aromatic carbocycles. The quantitative estimate of drug-likeness (QED) is 0.343. The summed E-state index contributed by atoms with van der Waals surface area (Å²) in [7, 11) is 0. The number of rotatable bonds is 3. The fourth-order valence-corrected chi connectivity index (χ4v) is 1.93. The SMILES string of the molecule is Clc1c(I)ccnc1N/N=C/c1ccc(Br)nc1. The summed E-state index contributed by atoms with van der Waals surface area (Å²) < 4.78 is 1.71. The van der Waals surface area contributed by atoms with Crippen LogP contribution in [0, 0.1) is 3.57 Å². The van der Waals surface area contributed by atoms with Gasteiger partial charge in [-0.15, -0.1) is 0 Å². The van der Waals surface area contributed by atoms with Gasteiger partial charge in [-0.2, -0.15) is 5.10 Å². The topological polar surface area (TPSA) is 50.2 Å². The minimum atomic E-state index is 0.532. The summed E-state index contributed by atoms with van der Waals surface area (Å²) in [6.45, 7) is 0. The van der Waals surface area contributed by atoms with Crippen LogP contribution in [0.25, 0.3) is 0 Å². The van der Waals surface area contributed by atoms with Gasteiger partial charge in [0.15, 0.2) is 5.82 Å². The van der Waals surface area contributed by atoms with E-state index in [0.29, 0.717) is 10.8 Å². The highest BCUT2D eigenvalue weighted by Gasteiger charge is 2.03. The second-order valence-electron chi connectivity index (χ2n) is 3.24. The molecule has 0 unspecified atom stereocenters. The predicted molar refractivity (Wildman–Crippen MR) is 85.1 cm³/mol. The van der Waals surface area contributed by atoms with Gasteiger partial charge in [0.05, 0.1) is 11.2 Å². The van der Waals surface area contributed by atoms with E-state index in [1.165, 1.54) is 0 Å². The maximum Gasteiger partial charge on any atom is 0.166 e. The van der Waals surface area contributed by atoms with E-state index >= 15 is 0 Å². The molecule has 0 fully saturated rings. The Bertz CT molecular complexity index is 574. The van der Waals surface area contributed by atoms with E-state index < -0.39 is 0 Å². The molecule has 2 aromatic heterocycles. The minimum Gasteiger partial charge on any atom is -0.260 e. The van der Waals surface area contributed by atoms with Crippen molar-refractivity contribution >= 4 is 62.2 Å². The Morgan fingerprint density at radius 3 is 2.89 bits per heavy atom. The number of halogens is 3. The van der Waals surface area contributed by atoms with Crippen LogP contribution in [0.4, 0.5) is 5.82 Å². The van der Waals surface area contributed by atoms with Gasteiger partial charge in [-0.05, 0) is 56.7 Å². The summed E-state index contributed by atoms with van der Waals surface area (Å²) in [5.41, 5.74) is 3.68. The predicted octanol–water partition coefficient (Wildman–Crippen LogP) is 3.94. The van der Waals surface area contributed by atoms with Crippen LogP contribution in [-0.2, 0) is 0 Å². The molecule has 0 bridgehead atoms. The van der Waals surface area contributed by atoms with Gasteiger partial charge in [0.2, 0.25) is 0 Å². The Hall–Kier alpha value is -0.730. The lowest BCUT2D eigenvalue weighted by molar-refractivity contribution is 1.22. The van der Waals surface area contributed by atoms with Crippen molar-refractivity contribution in [2.24, 2.45) is 5.10 Å². The van der Waals surface area contributed by atoms with Gasteiger partial charge in [-0.25, -0.2) is 9.97 Å². The molecule has 2 rings (SSSR count). The zero-order valence-corrected chi connectivity index (χ0v) is 13.4. The maximum absolute atomic E-state index is 6.07. The summed E-state index contributed by atoms with van der Waals surface area (Å²) >= 11 is 11.5. The number of nitrogens with one attached hydrogen (secondary N) is 1. The first-order valence-electron chi connectivity index (χ1n) is 4.87. The van der Waals surface area contributed by atoms with Gasteiger partial charge in [-0.1, -0.05) is 11.6 Å². The molecule has 0 atom stereocenters. The second kappa shape index (κ2) is 6.44. The van der Waals surface area contributed by atoms with Gasteiger partial charge < -0.3 is 0 Å². The number of hydrogen-bond acceptors (Lipinski definition) is 4. The average Bonchev–Trinajstić information content (AvgIpc) is 2.37. The van der Waals surface area contributed by atoms with E-state index in [1.807, 2.05) is 18.2 Å². The number of hydrogen-bond donors (Lipinski definition) is 1. The van der Waals surface area contributed by atoms with Crippen molar-refractivity contribution in [1.82, 2.24) is 9.97 Å². The highest BCUT2D eigenvalue weighted by Crippen LogP contribution is 2.24. The molecule has 0 amide bonds. The van der Waals surface area contributed by atoms with E-state index in [-0.39, 0.29) is 0 Å². The van der Waals surface area contributed by atoms with Crippen molar-refractivity contribution in [2.75, 3.05) is 5.43 Å². The summed E-state index contributed by atoms with van der Waals surface area (Å²) in [6.07, 6.45) is 5.03. The number of nitrogens with zero attached hydrogens (tertiary/aromatic N) is 3. The summed E-state index contributed by atoms with van der Waals surface area (Å²) in [6, 6.07) is 5.57. The van der Waals surface area contributed by atoms with Crippen molar-refractivity contribution in [1.29, 1.82) is 0 Å². The van der Waals surface area contributed by atoms with Crippen LogP contribution in [0.5, 0.6) is 0 Å². The van der Waals surface area contributed by atoms with Crippen molar-refractivity contribution in [2.45, 2.75) is 0 Å². The van der Waals surface area contributed by atoms with Crippen LogP contribution in [0.1, 0.15) is 5.56 Å². The van der Waals surface area contributed by atoms with Gasteiger partial charge >= 0.3 is 0 Å². The zero-order chi connectivity index (χ0) is 13.0. The summed E-state index contributed by atoms with van der Waals surface area (Å²) in [5.74, 6) is 0.532. The van der Waals surface area contributed by atoms with Crippen LogP contribution >= 0.6 is 50.1 Å². The van der Waals surface area contributed by atoms with Crippen molar-refractivity contribution in [3.63, 3.8) is 0 Å². The molecule has 2 heterocycles. The Balaban J connectivity index is 2.07. The van der Waals surface area contributed by atoms with Crippen LogP contribution in [0.3, 0.4) is 0 Å². The molecule has 0 radical (unpaired) electrons. The molecule has 7 heteroatoms. The standard InChI is InChI=1S/C11H7BrClIN4/c12-9-2-1-7(5-16-9)6-17-18-11-10(13)8(14)3-4-15-11/h1-6H,(H,15,18)/b17-6+. The molecule has 92 valence electrons. The van der Waals surface area contributed by atoms with Crippen molar-refractivity contribution < 1.29 is 0 Å². The van der Waals surface area contributed by atoms with Crippen LogP contribution in [0.15, 0.2) is 40.3 Å². The van der Waals surface area contributed by atoms with Gasteiger partial charge in [-0.3, -0.25) is 5.43 Å². The number of aromatic nitrogens is 2. The molecule has 0 saturated carbocycles. The molecule has 0 aliphatic rings. The van der Waals surface area contributed by atoms with E-state index in [2.05, 4.69) is 59.0 Å². The molecule has 2 aromatic rings. The number of hydrazone groups is 1. The van der Waals surface area contributed by atoms with Crippen LogP contribution in [0.2, 0.25) is 5.02 Å². The Kier molecular flexibility index (Phi) is 4.90. The van der Waals surface area contributed by atoms with Gasteiger partial charge in [0, 0.05) is 21.5 Å². The molecule has 0 saturated heterocycles. The first-order valence-corrected chi connectivity index (χ1v) is 7.12. The highest BCUT2D eigenvalue weighted by molar-refractivity contribution is 14.1. The second-order valence-corrected chi connectivity index (χ2v) is 5.59. The third-order valence-electron chi connectivity index (χ3n) is 1.98. The molecule has 4 nitrogen and oxygen atoms in total. The fourth-order valence-electron chi connectivity index (χ4n) is 1.13. The summed E-state index contributed by atoms with van der Waals surface area (Å²) in [4.78, 5) is 8.19. The van der Waals surface area contributed by atoms with Crippen molar-refractivity contribution in [3.05, 3.63) is 49.4 Å². The largest absolute Gasteiger partial charge is 0.260 e. The lowest BCUT2D eigenvalue weighted by Crippen LogP contribution is -1.95. The normalized spacial score (nSPS) is 10.8. The molecule has 18 heavy (non-hydrogen) atoms. The molecular formula is C11H7BrClIN4. The Morgan fingerprint density at radius 2 is 2.17 bits per heavy atom. The molecule has 0 spiro atoms. The van der Waals surface area contributed by atoms with Crippen LogP contribution in [-0.4, -0.2) is 16.2 Å².